The van der Waals surface area contributed by atoms with E-state index in [9.17, 15) is 4.79 Å². The molecule has 1 N–H and O–H groups in total. The monoisotopic (exact) mass is 337 g/mol. The van der Waals surface area contributed by atoms with Crippen LogP contribution in [-0.2, 0) is 11.3 Å². The molecule has 0 unspecified atom stereocenters. The average molecular weight is 337 g/mol. The highest BCUT2D eigenvalue weighted by Gasteiger charge is 2.44. The summed E-state index contributed by atoms with van der Waals surface area (Å²) in [5.74, 6) is 0.0574. The van der Waals surface area contributed by atoms with Crippen LogP contribution in [0.2, 0.25) is 0 Å². The van der Waals surface area contributed by atoms with Gasteiger partial charge in [0.2, 0.25) is 0 Å². The zero-order valence-electron chi connectivity index (χ0n) is 14.1. The maximum Gasteiger partial charge on any atom is 0.261 e. The van der Waals surface area contributed by atoms with E-state index in [-0.39, 0.29) is 5.91 Å². The summed E-state index contributed by atoms with van der Waals surface area (Å²) in [5, 5.41) is 3.15. The molecule has 0 spiro atoms. The molecule has 1 aromatic rings. The van der Waals surface area contributed by atoms with Crippen LogP contribution in [0.25, 0.3) is 0 Å². The van der Waals surface area contributed by atoms with Gasteiger partial charge in [0.1, 0.15) is 0 Å². The number of hydrogen-bond acceptors (Lipinski definition) is 5. The normalized spacial score (nSPS) is 21.3. The first-order valence-corrected chi connectivity index (χ1v) is 9.19. The molecule has 0 aromatic carbocycles. The summed E-state index contributed by atoms with van der Waals surface area (Å²) in [7, 11) is 3.86. The van der Waals surface area contributed by atoms with Gasteiger partial charge in [0, 0.05) is 56.7 Å². The van der Waals surface area contributed by atoms with Crippen molar-refractivity contribution in [2.24, 2.45) is 5.41 Å². The van der Waals surface area contributed by atoms with Crippen molar-refractivity contribution in [3.63, 3.8) is 0 Å². The smallest absolute Gasteiger partial charge is 0.261 e. The number of hydrogen-bond donors (Lipinski definition) is 1. The van der Waals surface area contributed by atoms with Crippen molar-refractivity contribution in [2.75, 3.05) is 53.4 Å². The molecular formula is C17H27N3O2S. The minimum absolute atomic E-state index is 0.0574. The van der Waals surface area contributed by atoms with Crippen molar-refractivity contribution in [1.29, 1.82) is 0 Å². The van der Waals surface area contributed by atoms with Crippen molar-refractivity contribution in [1.82, 2.24) is 15.1 Å². The number of carbonyl (C=O) groups excluding carboxylic acids is 1. The van der Waals surface area contributed by atoms with E-state index in [0.717, 1.165) is 49.0 Å². The number of amides is 1. The van der Waals surface area contributed by atoms with Crippen LogP contribution in [-0.4, -0.2) is 69.1 Å². The summed E-state index contributed by atoms with van der Waals surface area (Å²) in [6, 6.07) is 3.87. The maximum atomic E-state index is 12.3. The summed E-state index contributed by atoms with van der Waals surface area (Å²) in [6.07, 6.45) is 2.47. The third kappa shape index (κ3) is 4.53. The molecule has 3 rings (SSSR count). The predicted molar refractivity (Wildman–Crippen MR) is 93.0 cm³/mol. The van der Waals surface area contributed by atoms with Crippen LogP contribution >= 0.6 is 11.3 Å². The van der Waals surface area contributed by atoms with Crippen molar-refractivity contribution in [2.45, 2.75) is 19.4 Å². The van der Waals surface area contributed by atoms with Crippen molar-refractivity contribution >= 4 is 17.2 Å². The highest BCUT2D eigenvalue weighted by Crippen LogP contribution is 2.45. The molecule has 1 saturated carbocycles. The van der Waals surface area contributed by atoms with Crippen LogP contribution in [0.1, 0.15) is 27.4 Å². The third-order valence-corrected chi connectivity index (χ3v) is 5.97. The topological polar surface area (TPSA) is 44.8 Å². The fourth-order valence-corrected chi connectivity index (χ4v) is 4.02. The van der Waals surface area contributed by atoms with E-state index in [1.807, 2.05) is 12.1 Å². The Morgan fingerprint density at radius 2 is 2.04 bits per heavy atom. The molecule has 1 aliphatic carbocycles. The molecule has 2 aliphatic rings. The van der Waals surface area contributed by atoms with Gasteiger partial charge in [-0.1, -0.05) is 0 Å². The first kappa shape index (κ1) is 16.9. The lowest BCUT2D eigenvalue weighted by Gasteiger charge is -2.34. The largest absolute Gasteiger partial charge is 0.379 e. The summed E-state index contributed by atoms with van der Waals surface area (Å²) < 4.78 is 5.11. The standard InChI is InChI=1S/C17H27N3O2S/c1-19-7-9-20(10-8-19)13-17(5-6-17)12-18-16(21)15-4-3-14(23-15)11-22-2/h3-4H,5-13H2,1-2H3,(H,18,21). The van der Waals surface area contributed by atoms with Gasteiger partial charge in [-0.15, -0.1) is 11.3 Å². The van der Waals surface area contributed by atoms with E-state index in [1.54, 1.807) is 7.11 Å². The Morgan fingerprint density at radius 1 is 1.30 bits per heavy atom. The minimum Gasteiger partial charge on any atom is -0.379 e. The molecule has 1 aromatic heterocycles. The Balaban J connectivity index is 1.46. The third-order valence-electron chi connectivity index (χ3n) is 4.91. The molecule has 5 nitrogen and oxygen atoms in total. The molecule has 23 heavy (non-hydrogen) atoms. The molecule has 1 saturated heterocycles. The second-order valence-corrected chi connectivity index (χ2v) is 8.13. The Bertz CT molecular complexity index is 534. The fourth-order valence-electron chi connectivity index (χ4n) is 3.12. The van der Waals surface area contributed by atoms with Crippen molar-refractivity contribution in [3.05, 3.63) is 21.9 Å². The number of nitrogens with one attached hydrogen (secondary N) is 1. The molecule has 1 amide bonds. The Morgan fingerprint density at radius 3 is 2.70 bits per heavy atom. The molecule has 6 heteroatoms. The van der Waals surface area contributed by atoms with Gasteiger partial charge >= 0.3 is 0 Å². The lowest BCUT2D eigenvalue weighted by Crippen LogP contribution is -2.47. The molecule has 0 radical (unpaired) electrons. The number of nitrogens with zero attached hydrogens (tertiary/aromatic N) is 2. The van der Waals surface area contributed by atoms with Gasteiger partial charge in [-0.25, -0.2) is 0 Å². The maximum absolute atomic E-state index is 12.3. The van der Waals surface area contributed by atoms with Crippen molar-refractivity contribution in [3.8, 4) is 0 Å². The molecule has 1 aliphatic heterocycles. The number of carbonyl (C=O) groups is 1. The van der Waals surface area contributed by atoms with Gasteiger partial charge in [-0.3, -0.25) is 4.79 Å². The van der Waals surface area contributed by atoms with Crippen LogP contribution in [0.15, 0.2) is 12.1 Å². The molecule has 128 valence electrons. The molecule has 2 fully saturated rings. The lowest BCUT2D eigenvalue weighted by atomic mass is 10.1. The van der Waals surface area contributed by atoms with E-state index in [1.165, 1.54) is 24.2 Å². The Labute approximate surface area is 142 Å². The zero-order chi connectivity index (χ0) is 16.3. The number of thiophene rings is 1. The summed E-state index contributed by atoms with van der Waals surface area (Å²) in [4.78, 5) is 19.1. The highest BCUT2D eigenvalue weighted by atomic mass is 32.1. The van der Waals surface area contributed by atoms with Crippen LogP contribution in [0.3, 0.4) is 0 Å². The predicted octanol–water partition coefficient (Wildman–Crippen LogP) is 1.65. The Hall–Kier alpha value is -0.950. The van der Waals surface area contributed by atoms with Gasteiger partial charge in [-0.2, -0.15) is 0 Å². The SMILES string of the molecule is COCc1ccc(C(=O)NCC2(CN3CCN(C)CC3)CC2)s1. The zero-order valence-corrected chi connectivity index (χ0v) is 15.0. The molecule has 0 atom stereocenters. The molecule has 0 bridgehead atoms. The van der Waals surface area contributed by atoms with E-state index < -0.39 is 0 Å². The van der Waals surface area contributed by atoms with Gasteiger partial charge < -0.3 is 19.9 Å². The second kappa shape index (κ2) is 7.30. The first-order chi connectivity index (χ1) is 11.1. The summed E-state index contributed by atoms with van der Waals surface area (Å²) in [6.45, 7) is 7.11. The number of methoxy groups -OCH3 is 1. The fraction of sp³-hybridized carbons (Fsp3) is 0.706. The van der Waals surface area contributed by atoms with Gasteiger partial charge in [0.15, 0.2) is 0 Å². The van der Waals surface area contributed by atoms with Crippen LogP contribution in [0.4, 0.5) is 0 Å². The van der Waals surface area contributed by atoms with Gasteiger partial charge in [0.05, 0.1) is 11.5 Å². The number of piperazine rings is 1. The number of likely N-dealkylation sites (N-methyl/N-ethyl adjacent to an activating group) is 1. The van der Waals surface area contributed by atoms with E-state index in [2.05, 4.69) is 22.2 Å². The summed E-state index contributed by atoms with van der Waals surface area (Å²) in [5.41, 5.74) is 0.318. The molecular weight excluding hydrogens is 310 g/mol. The second-order valence-electron chi connectivity index (χ2n) is 6.96. The quantitative estimate of drug-likeness (QED) is 0.822. The minimum atomic E-state index is 0.0574. The van der Waals surface area contributed by atoms with E-state index >= 15 is 0 Å². The number of ether oxygens (including phenoxy) is 1. The van der Waals surface area contributed by atoms with E-state index in [4.69, 9.17) is 4.74 Å². The number of rotatable bonds is 7. The van der Waals surface area contributed by atoms with Gasteiger partial charge in [-0.05, 0) is 32.0 Å². The van der Waals surface area contributed by atoms with Gasteiger partial charge in [0.25, 0.3) is 5.91 Å². The lowest BCUT2D eigenvalue weighted by molar-refractivity contribution is 0.0931. The van der Waals surface area contributed by atoms with Crippen molar-refractivity contribution < 1.29 is 9.53 Å². The highest BCUT2D eigenvalue weighted by molar-refractivity contribution is 7.14. The van der Waals surface area contributed by atoms with Crippen LogP contribution < -0.4 is 5.32 Å². The first-order valence-electron chi connectivity index (χ1n) is 8.37. The average Bonchev–Trinajstić information content (AvgIpc) is 3.15. The summed E-state index contributed by atoms with van der Waals surface area (Å²) >= 11 is 1.52. The van der Waals surface area contributed by atoms with Crippen LogP contribution in [0.5, 0.6) is 0 Å². The molecule has 2 heterocycles. The van der Waals surface area contributed by atoms with E-state index in [0.29, 0.717) is 12.0 Å². The Kier molecular flexibility index (Phi) is 5.36. The van der Waals surface area contributed by atoms with Crippen LogP contribution in [0, 0.1) is 5.41 Å².